The molecule has 1 amide bonds. The van der Waals surface area contributed by atoms with Crippen molar-refractivity contribution in [2.45, 2.75) is 31.2 Å². The zero-order valence-corrected chi connectivity index (χ0v) is 19.7. The fourth-order valence-electron chi connectivity index (χ4n) is 3.93. The monoisotopic (exact) mass is 482 g/mol. The third-order valence-corrected chi connectivity index (χ3v) is 7.74. The predicted octanol–water partition coefficient (Wildman–Crippen LogP) is 3.43. The van der Waals surface area contributed by atoms with E-state index in [2.05, 4.69) is 0 Å². The van der Waals surface area contributed by atoms with Gasteiger partial charge in [0.25, 0.3) is 0 Å². The van der Waals surface area contributed by atoms with Gasteiger partial charge in [-0.2, -0.15) is 4.31 Å². The molecule has 2 aromatic carbocycles. The second-order valence-corrected chi connectivity index (χ2v) is 9.73. The SMILES string of the molecule is CCN(Cc1ccc(OC)c(OC)c1)C(=O)C1CCN(S(=O)(=O)c2ccc(F)c(F)c2)CC1. The minimum Gasteiger partial charge on any atom is -0.493 e. The maximum atomic E-state index is 13.5. The number of halogens is 2. The van der Waals surface area contributed by atoms with E-state index >= 15 is 0 Å². The highest BCUT2D eigenvalue weighted by Crippen LogP contribution is 2.29. The first-order valence-corrected chi connectivity index (χ1v) is 12.1. The average Bonchev–Trinajstić information content (AvgIpc) is 2.83. The molecule has 0 N–H and O–H groups in total. The number of methoxy groups -OCH3 is 2. The molecule has 0 aromatic heterocycles. The van der Waals surface area contributed by atoms with Gasteiger partial charge in [-0.1, -0.05) is 6.07 Å². The highest BCUT2D eigenvalue weighted by atomic mass is 32.2. The summed E-state index contributed by atoms with van der Waals surface area (Å²) in [5, 5.41) is 0. The molecule has 7 nitrogen and oxygen atoms in total. The summed E-state index contributed by atoms with van der Waals surface area (Å²) >= 11 is 0. The van der Waals surface area contributed by atoms with Crippen LogP contribution >= 0.6 is 0 Å². The summed E-state index contributed by atoms with van der Waals surface area (Å²) < 4.78 is 64.1. The number of amides is 1. The van der Waals surface area contributed by atoms with Crippen LogP contribution in [0.1, 0.15) is 25.3 Å². The summed E-state index contributed by atoms with van der Waals surface area (Å²) in [5.74, 6) is -1.50. The van der Waals surface area contributed by atoms with Gasteiger partial charge in [-0.05, 0) is 55.7 Å². The lowest BCUT2D eigenvalue weighted by atomic mass is 9.96. The van der Waals surface area contributed by atoms with Crippen LogP contribution in [0.25, 0.3) is 0 Å². The first kappa shape index (κ1) is 24.9. The van der Waals surface area contributed by atoms with Gasteiger partial charge in [0, 0.05) is 32.1 Å². The van der Waals surface area contributed by atoms with E-state index in [0.717, 1.165) is 17.7 Å². The second kappa shape index (κ2) is 10.5. The fraction of sp³-hybridized carbons (Fsp3) is 0.435. The molecule has 180 valence electrons. The number of sulfonamides is 1. The van der Waals surface area contributed by atoms with Gasteiger partial charge in [0.2, 0.25) is 15.9 Å². The number of hydrogen-bond donors (Lipinski definition) is 0. The molecule has 1 aliphatic rings. The van der Waals surface area contributed by atoms with E-state index in [9.17, 15) is 22.0 Å². The van der Waals surface area contributed by atoms with Gasteiger partial charge in [0.05, 0.1) is 19.1 Å². The summed E-state index contributed by atoms with van der Waals surface area (Å²) in [6.45, 7) is 3.04. The average molecular weight is 483 g/mol. The van der Waals surface area contributed by atoms with E-state index in [-0.39, 0.29) is 29.8 Å². The molecule has 3 rings (SSSR count). The molecule has 0 saturated carbocycles. The molecule has 10 heteroatoms. The first-order valence-electron chi connectivity index (χ1n) is 10.7. The molecule has 1 fully saturated rings. The molecular formula is C23H28F2N2O5S. The zero-order chi connectivity index (χ0) is 24.2. The number of rotatable bonds is 8. The summed E-state index contributed by atoms with van der Waals surface area (Å²) in [4.78, 5) is 14.6. The van der Waals surface area contributed by atoms with Gasteiger partial charge in [-0.25, -0.2) is 17.2 Å². The molecule has 1 heterocycles. The van der Waals surface area contributed by atoms with Crippen LogP contribution in [0.5, 0.6) is 11.5 Å². The largest absolute Gasteiger partial charge is 0.493 e. The van der Waals surface area contributed by atoms with Crippen molar-refractivity contribution in [3.05, 3.63) is 53.6 Å². The van der Waals surface area contributed by atoms with E-state index < -0.39 is 21.7 Å². The van der Waals surface area contributed by atoms with Crippen molar-refractivity contribution in [1.29, 1.82) is 0 Å². The highest BCUT2D eigenvalue weighted by molar-refractivity contribution is 7.89. The molecule has 2 aromatic rings. The normalized spacial score (nSPS) is 15.3. The zero-order valence-electron chi connectivity index (χ0n) is 18.9. The van der Waals surface area contributed by atoms with Crippen LogP contribution in [0, 0.1) is 17.6 Å². The summed E-state index contributed by atoms with van der Waals surface area (Å²) in [7, 11) is -0.861. The Balaban J connectivity index is 1.65. The number of carbonyl (C=O) groups excluding carboxylic acids is 1. The van der Waals surface area contributed by atoms with Crippen LogP contribution in [-0.4, -0.2) is 57.4 Å². The van der Waals surface area contributed by atoms with Crippen LogP contribution in [0.2, 0.25) is 0 Å². The van der Waals surface area contributed by atoms with Crippen molar-refractivity contribution in [3.63, 3.8) is 0 Å². The van der Waals surface area contributed by atoms with Gasteiger partial charge in [0.1, 0.15) is 0 Å². The van der Waals surface area contributed by atoms with E-state index in [1.807, 2.05) is 19.1 Å². The molecule has 0 unspecified atom stereocenters. The van der Waals surface area contributed by atoms with Crippen molar-refractivity contribution < 1.29 is 31.5 Å². The molecule has 1 aliphatic heterocycles. The Morgan fingerprint density at radius 3 is 2.27 bits per heavy atom. The lowest BCUT2D eigenvalue weighted by Crippen LogP contribution is -2.44. The Kier molecular flexibility index (Phi) is 7.91. The molecule has 0 aliphatic carbocycles. The van der Waals surface area contributed by atoms with Crippen molar-refractivity contribution in [1.82, 2.24) is 9.21 Å². The maximum Gasteiger partial charge on any atom is 0.243 e. The third kappa shape index (κ3) is 5.44. The van der Waals surface area contributed by atoms with E-state index in [0.29, 0.717) is 43.5 Å². The van der Waals surface area contributed by atoms with Crippen molar-refractivity contribution in [3.8, 4) is 11.5 Å². The molecule has 0 bridgehead atoms. The van der Waals surface area contributed by atoms with Gasteiger partial charge in [-0.15, -0.1) is 0 Å². The molecule has 0 spiro atoms. The third-order valence-electron chi connectivity index (χ3n) is 5.85. The Morgan fingerprint density at radius 2 is 1.70 bits per heavy atom. The van der Waals surface area contributed by atoms with Crippen molar-refractivity contribution in [2.24, 2.45) is 5.92 Å². The topological polar surface area (TPSA) is 76.2 Å². The highest BCUT2D eigenvalue weighted by Gasteiger charge is 2.34. The number of hydrogen-bond acceptors (Lipinski definition) is 5. The quantitative estimate of drug-likeness (QED) is 0.576. The fourth-order valence-corrected chi connectivity index (χ4v) is 5.41. The number of piperidine rings is 1. The Hall–Kier alpha value is -2.72. The second-order valence-electron chi connectivity index (χ2n) is 7.80. The van der Waals surface area contributed by atoms with E-state index in [1.54, 1.807) is 25.2 Å². The van der Waals surface area contributed by atoms with Crippen LogP contribution in [0.3, 0.4) is 0 Å². The number of carbonyl (C=O) groups is 1. The van der Waals surface area contributed by atoms with Gasteiger partial charge in [-0.3, -0.25) is 4.79 Å². The number of benzene rings is 2. The van der Waals surface area contributed by atoms with E-state index in [1.165, 1.54) is 4.31 Å². The Bertz CT molecular complexity index is 1100. The molecule has 1 saturated heterocycles. The predicted molar refractivity (Wildman–Crippen MR) is 118 cm³/mol. The summed E-state index contributed by atoms with van der Waals surface area (Å²) in [6.07, 6.45) is 0.703. The van der Waals surface area contributed by atoms with Crippen LogP contribution in [0.15, 0.2) is 41.3 Å². The van der Waals surface area contributed by atoms with Crippen molar-refractivity contribution >= 4 is 15.9 Å². The minimum absolute atomic E-state index is 0.0443. The van der Waals surface area contributed by atoms with Crippen LogP contribution in [-0.2, 0) is 21.4 Å². The summed E-state index contributed by atoms with van der Waals surface area (Å²) in [5.41, 5.74) is 0.890. The molecule has 33 heavy (non-hydrogen) atoms. The lowest BCUT2D eigenvalue weighted by Gasteiger charge is -2.33. The molecular weight excluding hydrogens is 454 g/mol. The minimum atomic E-state index is -3.96. The number of nitrogens with zero attached hydrogens (tertiary/aromatic N) is 2. The molecule has 0 radical (unpaired) electrons. The Morgan fingerprint density at radius 1 is 1.03 bits per heavy atom. The first-order chi connectivity index (χ1) is 15.7. The number of ether oxygens (including phenoxy) is 2. The standard InChI is InChI=1S/C23H28F2N2O5S/c1-4-26(15-16-5-8-21(31-2)22(13-16)32-3)23(28)17-9-11-27(12-10-17)33(29,30)18-6-7-19(24)20(25)14-18/h5-8,13-14,17H,4,9-12,15H2,1-3H3. The lowest BCUT2D eigenvalue weighted by molar-refractivity contribution is -0.137. The smallest absolute Gasteiger partial charge is 0.243 e. The molecule has 0 atom stereocenters. The van der Waals surface area contributed by atoms with Gasteiger partial charge < -0.3 is 14.4 Å². The van der Waals surface area contributed by atoms with E-state index in [4.69, 9.17) is 9.47 Å². The Labute approximate surface area is 192 Å². The van der Waals surface area contributed by atoms with Gasteiger partial charge in [0.15, 0.2) is 23.1 Å². The summed E-state index contributed by atoms with van der Waals surface area (Å²) in [6, 6.07) is 8.01. The van der Waals surface area contributed by atoms with Crippen LogP contribution in [0.4, 0.5) is 8.78 Å². The van der Waals surface area contributed by atoms with Crippen LogP contribution < -0.4 is 9.47 Å². The van der Waals surface area contributed by atoms with Crippen molar-refractivity contribution in [2.75, 3.05) is 33.9 Å². The van der Waals surface area contributed by atoms with Gasteiger partial charge >= 0.3 is 0 Å². The maximum absolute atomic E-state index is 13.5.